The van der Waals surface area contributed by atoms with Crippen molar-refractivity contribution in [3.8, 4) is 11.5 Å². The number of fused-ring (bicyclic) bond motifs is 3. The molecule has 3 aromatic rings. The molecular weight excluding hydrogens is 543 g/mol. The molecule has 0 aromatic heterocycles. The molecule has 3 atom stereocenters. The van der Waals surface area contributed by atoms with Crippen molar-refractivity contribution in [3.05, 3.63) is 98.5 Å². The maximum absolute atomic E-state index is 13.8. The second-order valence-electron chi connectivity index (χ2n) is 8.67. The molecule has 0 spiro atoms. The number of allylic oxidation sites excluding steroid dienone is 2. The van der Waals surface area contributed by atoms with Gasteiger partial charge in [0.05, 0.1) is 33.9 Å². The molecule has 0 saturated heterocycles. The third-order valence-corrected chi connectivity index (χ3v) is 7.52. The number of hydrogen-bond donors (Lipinski definition) is 1. The van der Waals surface area contributed by atoms with Crippen LogP contribution in [0.2, 0.25) is 5.02 Å². The first kappa shape index (κ1) is 24.1. The quantitative estimate of drug-likeness (QED) is 0.315. The molecule has 1 heterocycles. The molecule has 2 aliphatic rings. The van der Waals surface area contributed by atoms with Gasteiger partial charge in [0, 0.05) is 5.92 Å². The molecule has 0 bridgehead atoms. The topological polar surface area (TPSA) is 30.5 Å². The van der Waals surface area contributed by atoms with Crippen molar-refractivity contribution in [2.24, 2.45) is 5.92 Å². The number of nitrogens with one attached hydrogen (secondary N) is 1. The first-order valence-electron chi connectivity index (χ1n) is 11.1. The Morgan fingerprint density at radius 1 is 1.11 bits per heavy atom. The van der Waals surface area contributed by atoms with E-state index < -0.39 is 17.7 Å². The molecule has 0 saturated carbocycles. The Hall–Kier alpha value is -2.64. The predicted molar refractivity (Wildman–Crippen MR) is 134 cm³/mol. The van der Waals surface area contributed by atoms with Crippen LogP contribution in [-0.4, -0.2) is 7.11 Å². The van der Waals surface area contributed by atoms with Crippen LogP contribution in [-0.2, 0) is 12.8 Å². The second-order valence-corrected chi connectivity index (χ2v) is 9.93. The fourth-order valence-corrected chi connectivity index (χ4v) is 5.83. The summed E-state index contributed by atoms with van der Waals surface area (Å²) in [5.41, 5.74) is 1.80. The number of hydrogen-bond acceptors (Lipinski definition) is 3. The molecular formula is C27H22BrClF3NO2. The van der Waals surface area contributed by atoms with Crippen LogP contribution in [0.1, 0.15) is 40.6 Å². The van der Waals surface area contributed by atoms with E-state index in [0.29, 0.717) is 34.7 Å². The average Bonchev–Trinajstić information content (AvgIpc) is 3.33. The van der Waals surface area contributed by atoms with Gasteiger partial charge in [-0.05, 0) is 69.2 Å². The summed E-state index contributed by atoms with van der Waals surface area (Å²) in [6.45, 7) is 0.370. The first-order chi connectivity index (χ1) is 16.8. The number of rotatable bonds is 5. The highest BCUT2D eigenvalue weighted by molar-refractivity contribution is 9.10. The van der Waals surface area contributed by atoms with Crippen LogP contribution in [0, 0.1) is 5.92 Å². The standard InChI is InChI=1S/C27H22BrClF3NO2/c1-34-22-13-16(12-20(28)26(22)35-14-15-6-3-2-4-7-15)24-18-9-5-8-17(18)23-19(27(30,31)32)10-11-21(29)25(23)33-24/h2-8,10-13,17-18,24,33H,9,14H2,1H3/t17-,18+,24-/m0/s1. The second kappa shape index (κ2) is 9.43. The van der Waals surface area contributed by atoms with E-state index in [4.69, 9.17) is 21.1 Å². The maximum atomic E-state index is 13.8. The Morgan fingerprint density at radius 3 is 2.60 bits per heavy atom. The summed E-state index contributed by atoms with van der Waals surface area (Å²) in [5.74, 6) is 0.602. The highest BCUT2D eigenvalue weighted by Crippen LogP contribution is 2.55. The number of benzene rings is 3. The third kappa shape index (κ3) is 4.52. The molecule has 1 aliphatic carbocycles. The fraction of sp³-hybridized carbons (Fsp3) is 0.259. The molecule has 0 fully saturated rings. The van der Waals surface area contributed by atoms with Crippen molar-refractivity contribution in [3.63, 3.8) is 0 Å². The Bertz CT molecular complexity index is 1280. The van der Waals surface area contributed by atoms with E-state index >= 15 is 0 Å². The van der Waals surface area contributed by atoms with Gasteiger partial charge < -0.3 is 14.8 Å². The number of anilines is 1. The summed E-state index contributed by atoms with van der Waals surface area (Å²) in [6.07, 6.45) is 0.00223. The summed E-state index contributed by atoms with van der Waals surface area (Å²) in [5, 5.41) is 3.60. The van der Waals surface area contributed by atoms with Crippen LogP contribution in [0.15, 0.2) is 71.2 Å². The molecule has 8 heteroatoms. The van der Waals surface area contributed by atoms with Gasteiger partial charge in [0.25, 0.3) is 0 Å². The number of methoxy groups -OCH3 is 1. The van der Waals surface area contributed by atoms with Crippen molar-refractivity contribution in [2.45, 2.75) is 31.2 Å². The van der Waals surface area contributed by atoms with E-state index in [1.54, 1.807) is 7.11 Å². The van der Waals surface area contributed by atoms with Crippen LogP contribution in [0.5, 0.6) is 11.5 Å². The fourth-order valence-electron chi connectivity index (χ4n) is 5.04. The zero-order chi connectivity index (χ0) is 24.7. The first-order valence-corrected chi connectivity index (χ1v) is 12.3. The van der Waals surface area contributed by atoms with E-state index in [1.807, 2.05) is 54.6 Å². The minimum atomic E-state index is -4.46. The van der Waals surface area contributed by atoms with Gasteiger partial charge in [-0.2, -0.15) is 13.2 Å². The minimum absolute atomic E-state index is 0.102. The number of ether oxygens (including phenoxy) is 2. The Morgan fingerprint density at radius 2 is 1.89 bits per heavy atom. The van der Waals surface area contributed by atoms with Gasteiger partial charge in [0.2, 0.25) is 0 Å². The number of alkyl halides is 3. The van der Waals surface area contributed by atoms with Crippen molar-refractivity contribution in [2.75, 3.05) is 12.4 Å². The van der Waals surface area contributed by atoms with Crippen LogP contribution in [0.3, 0.4) is 0 Å². The predicted octanol–water partition coefficient (Wildman–Crippen LogP) is 8.54. The van der Waals surface area contributed by atoms with E-state index in [9.17, 15) is 13.2 Å². The van der Waals surface area contributed by atoms with Gasteiger partial charge in [-0.3, -0.25) is 0 Å². The highest BCUT2D eigenvalue weighted by atomic mass is 79.9. The van der Waals surface area contributed by atoms with Crippen LogP contribution in [0.4, 0.5) is 18.9 Å². The van der Waals surface area contributed by atoms with Gasteiger partial charge >= 0.3 is 6.18 Å². The molecule has 1 N–H and O–H groups in total. The summed E-state index contributed by atoms with van der Waals surface area (Å²) in [7, 11) is 1.57. The van der Waals surface area contributed by atoms with E-state index in [0.717, 1.165) is 17.2 Å². The zero-order valence-electron chi connectivity index (χ0n) is 18.7. The molecule has 182 valence electrons. The van der Waals surface area contributed by atoms with Crippen molar-refractivity contribution in [1.82, 2.24) is 0 Å². The largest absolute Gasteiger partial charge is 0.493 e. The zero-order valence-corrected chi connectivity index (χ0v) is 21.0. The van der Waals surface area contributed by atoms with Crippen LogP contribution < -0.4 is 14.8 Å². The maximum Gasteiger partial charge on any atom is 0.416 e. The normalized spacial score (nSPS) is 20.7. The summed E-state index contributed by atoms with van der Waals surface area (Å²) >= 11 is 10.0. The molecule has 5 rings (SSSR count). The lowest BCUT2D eigenvalue weighted by molar-refractivity contribution is -0.138. The smallest absolute Gasteiger partial charge is 0.416 e. The van der Waals surface area contributed by atoms with Gasteiger partial charge in [-0.15, -0.1) is 0 Å². The van der Waals surface area contributed by atoms with Crippen LogP contribution >= 0.6 is 27.5 Å². The van der Waals surface area contributed by atoms with Gasteiger partial charge in [-0.25, -0.2) is 0 Å². The van der Waals surface area contributed by atoms with Crippen molar-refractivity contribution >= 4 is 33.2 Å². The van der Waals surface area contributed by atoms with Gasteiger partial charge in [0.15, 0.2) is 11.5 Å². The molecule has 0 unspecified atom stereocenters. The highest BCUT2D eigenvalue weighted by Gasteiger charge is 2.45. The monoisotopic (exact) mass is 563 g/mol. The molecule has 0 radical (unpaired) electrons. The van der Waals surface area contributed by atoms with Crippen molar-refractivity contribution < 1.29 is 22.6 Å². The summed E-state index contributed by atoms with van der Waals surface area (Å²) < 4.78 is 53.9. The summed E-state index contributed by atoms with van der Waals surface area (Å²) in [4.78, 5) is 0. The Balaban J connectivity index is 1.52. The molecule has 0 amide bonds. The molecule has 3 aromatic carbocycles. The summed E-state index contributed by atoms with van der Waals surface area (Å²) in [6, 6.07) is 15.7. The SMILES string of the molecule is COc1cc([C@@H]2Nc3c(Cl)ccc(C(F)(F)F)c3[C@H]3C=CC[C@H]32)cc(Br)c1OCc1ccccc1. The van der Waals surface area contributed by atoms with Gasteiger partial charge in [-0.1, -0.05) is 54.1 Å². The average molecular weight is 565 g/mol. The Kier molecular flexibility index (Phi) is 6.49. The third-order valence-electron chi connectivity index (χ3n) is 6.61. The molecule has 3 nitrogen and oxygen atoms in total. The van der Waals surface area contributed by atoms with E-state index in [2.05, 4.69) is 21.2 Å². The lowest BCUT2D eigenvalue weighted by atomic mass is 9.75. The van der Waals surface area contributed by atoms with E-state index in [-0.39, 0.29) is 22.5 Å². The lowest BCUT2D eigenvalue weighted by Crippen LogP contribution is -2.31. The molecule has 35 heavy (non-hydrogen) atoms. The van der Waals surface area contributed by atoms with Gasteiger partial charge in [0.1, 0.15) is 6.61 Å². The minimum Gasteiger partial charge on any atom is -0.493 e. The molecule has 1 aliphatic heterocycles. The van der Waals surface area contributed by atoms with E-state index in [1.165, 1.54) is 6.07 Å². The number of halogens is 5. The van der Waals surface area contributed by atoms with Crippen LogP contribution in [0.25, 0.3) is 0 Å². The van der Waals surface area contributed by atoms with Crippen molar-refractivity contribution in [1.29, 1.82) is 0 Å². The Labute approximate surface area is 215 Å². The lowest BCUT2D eigenvalue weighted by Gasteiger charge is -2.39.